The molecule has 0 spiro atoms. The highest BCUT2D eigenvalue weighted by atomic mass is 16.5. The van der Waals surface area contributed by atoms with Crippen LogP contribution in [0.5, 0.6) is 0 Å². The smallest absolute Gasteiger partial charge is 0.337 e. The highest BCUT2D eigenvalue weighted by molar-refractivity contribution is 5.97. The fourth-order valence-corrected chi connectivity index (χ4v) is 5.20. The van der Waals surface area contributed by atoms with Crippen molar-refractivity contribution in [3.05, 3.63) is 23.8 Å². The average molecular weight is 472 g/mol. The van der Waals surface area contributed by atoms with Crippen LogP contribution < -0.4 is 20.9 Å². The van der Waals surface area contributed by atoms with E-state index in [1.165, 1.54) is 26.4 Å². The van der Waals surface area contributed by atoms with Crippen LogP contribution in [0.15, 0.2) is 18.2 Å². The molecule has 3 fully saturated rings. The molecule has 3 aliphatic rings. The van der Waals surface area contributed by atoms with Crippen LogP contribution >= 0.6 is 0 Å². The Bertz CT molecular complexity index is 872. The summed E-state index contributed by atoms with van der Waals surface area (Å²) in [5, 5.41) is 9.21. The second-order valence-electron chi connectivity index (χ2n) is 9.56. The molecular weight excluding hydrogens is 434 g/mol. The third kappa shape index (κ3) is 6.12. The summed E-state index contributed by atoms with van der Waals surface area (Å²) in [4.78, 5) is 41.5. The first kappa shape index (κ1) is 24.2. The molecule has 34 heavy (non-hydrogen) atoms. The lowest BCUT2D eigenvalue weighted by atomic mass is 9.96. The fourth-order valence-electron chi connectivity index (χ4n) is 5.20. The molecule has 4 rings (SSSR count). The van der Waals surface area contributed by atoms with Crippen LogP contribution in [0.25, 0.3) is 0 Å². The molecule has 1 aliphatic carbocycles. The van der Waals surface area contributed by atoms with E-state index in [1.54, 1.807) is 17.0 Å². The van der Waals surface area contributed by atoms with E-state index in [1.807, 2.05) is 6.07 Å². The third-order valence-corrected chi connectivity index (χ3v) is 7.16. The molecule has 9 heteroatoms. The molecule has 186 valence electrons. The molecule has 0 atom stereocenters. The van der Waals surface area contributed by atoms with Crippen molar-refractivity contribution in [3.8, 4) is 0 Å². The highest BCUT2D eigenvalue weighted by Gasteiger charge is 2.26. The van der Waals surface area contributed by atoms with Crippen molar-refractivity contribution in [1.29, 1.82) is 0 Å². The number of likely N-dealkylation sites (tertiary alicyclic amines) is 1. The fraction of sp³-hybridized carbons (Fsp3) is 0.640. The third-order valence-electron chi connectivity index (χ3n) is 7.16. The number of methoxy groups -OCH3 is 1. The van der Waals surface area contributed by atoms with Crippen LogP contribution in [0.2, 0.25) is 0 Å². The van der Waals surface area contributed by atoms with Crippen molar-refractivity contribution >= 4 is 29.4 Å². The molecule has 2 aliphatic heterocycles. The standard InChI is InChI=1S/C25H37N5O4/c1-34-23(31)18-9-10-22(29-13-5-6-14-29)21(17-18)28-25(33)30-15-11-20(12-16-30)27-24(32)26-19-7-3-2-4-8-19/h9-10,17,19-20H,2-8,11-16H2,1H3,(H,28,33)(H2,26,27,32). The van der Waals surface area contributed by atoms with Gasteiger partial charge in [-0.25, -0.2) is 14.4 Å². The van der Waals surface area contributed by atoms with E-state index in [0.29, 0.717) is 37.2 Å². The molecule has 9 nitrogen and oxygen atoms in total. The maximum atomic E-state index is 13.1. The molecule has 3 N–H and O–H groups in total. The Morgan fingerprint density at radius 3 is 2.15 bits per heavy atom. The van der Waals surface area contributed by atoms with Crippen molar-refractivity contribution in [2.45, 2.75) is 69.9 Å². The van der Waals surface area contributed by atoms with Crippen molar-refractivity contribution in [2.24, 2.45) is 0 Å². The van der Waals surface area contributed by atoms with E-state index in [2.05, 4.69) is 20.9 Å². The van der Waals surface area contributed by atoms with Crippen molar-refractivity contribution in [2.75, 3.05) is 43.5 Å². The first-order valence-electron chi connectivity index (χ1n) is 12.6. The number of benzene rings is 1. The van der Waals surface area contributed by atoms with Gasteiger partial charge in [0.25, 0.3) is 0 Å². The van der Waals surface area contributed by atoms with Crippen molar-refractivity contribution in [1.82, 2.24) is 15.5 Å². The van der Waals surface area contributed by atoms with Crippen molar-refractivity contribution < 1.29 is 19.1 Å². The second-order valence-corrected chi connectivity index (χ2v) is 9.56. The van der Waals surface area contributed by atoms with Crippen LogP contribution in [0.4, 0.5) is 21.0 Å². The lowest BCUT2D eigenvalue weighted by Gasteiger charge is -2.33. The molecule has 0 unspecified atom stereocenters. The van der Waals surface area contributed by atoms with E-state index in [4.69, 9.17) is 4.74 Å². The minimum Gasteiger partial charge on any atom is -0.465 e. The summed E-state index contributed by atoms with van der Waals surface area (Å²) in [5.41, 5.74) is 1.96. The summed E-state index contributed by atoms with van der Waals surface area (Å²) in [6.07, 6.45) is 9.39. The Balaban J connectivity index is 1.31. The predicted octanol–water partition coefficient (Wildman–Crippen LogP) is 3.70. The zero-order chi connectivity index (χ0) is 23.9. The number of hydrogen-bond acceptors (Lipinski definition) is 5. The second kappa shape index (κ2) is 11.4. The SMILES string of the molecule is COC(=O)c1ccc(N2CCCC2)c(NC(=O)N2CCC(NC(=O)NC3CCCCC3)CC2)c1. The van der Waals surface area contributed by atoms with Crippen LogP contribution in [0.1, 0.15) is 68.1 Å². The predicted molar refractivity (Wildman–Crippen MR) is 131 cm³/mol. The van der Waals surface area contributed by atoms with Crippen molar-refractivity contribution in [3.63, 3.8) is 0 Å². The zero-order valence-corrected chi connectivity index (χ0v) is 20.1. The largest absolute Gasteiger partial charge is 0.465 e. The van der Waals surface area contributed by atoms with Crippen LogP contribution in [-0.2, 0) is 4.74 Å². The molecule has 0 radical (unpaired) electrons. The number of nitrogens with zero attached hydrogens (tertiary/aromatic N) is 2. The van der Waals surface area contributed by atoms with Gasteiger partial charge in [-0.2, -0.15) is 0 Å². The van der Waals surface area contributed by atoms with Crippen LogP contribution in [0.3, 0.4) is 0 Å². The first-order chi connectivity index (χ1) is 16.5. The monoisotopic (exact) mass is 471 g/mol. The van der Waals surface area contributed by atoms with Gasteiger partial charge in [0.15, 0.2) is 0 Å². The summed E-state index contributed by atoms with van der Waals surface area (Å²) in [6, 6.07) is 5.39. The maximum absolute atomic E-state index is 13.1. The quantitative estimate of drug-likeness (QED) is 0.568. The van der Waals surface area contributed by atoms with E-state index in [-0.39, 0.29) is 24.1 Å². The van der Waals surface area contributed by atoms with E-state index >= 15 is 0 Å². The zero-order valence-electron chi connectivity index (χ0n) is 20.1. The number of anilines is 2. The van der Waals surface area contributed by atoms with Gasteiger partial charge >= 0.3 is 18.0 Å². The van der Waals surface area contributed by atoms with Gasteiger partial charge in [-0.3, -0.25) is 0 Å². The van der Waals surface area contributed by atoms with E-state index in [0.717, 1.165) is 44.5 Å². The van der Waals surface area contributed by atoms with Crippen LogP contribution in [-0.4, -0.2) is 68.3 Å². The molecule has 2 heterocycles. The molecule has 0 bridgehead atoms. The number of hydrogen-bond donors (Lipinski definition) is 3. The molecule has 0 aromatic heterocycles. The normalized spacial score (nSPS) is 19.6. The molecule has 1 aromatic carbocycles. The lowest BCUT2D eigenvalue weighted by Crippen LogP contribution is -2.51. The van der Waals surface area contributed by atoms with Gasteiger partial charge in [-0.1, -0.05) is 19.3 Å². The Kier molecular flexibility index (Phi) is 8.13. The summed E-state index contributed by atoms with van der Waals surface area (Å²) < 4.78 is 4.85. The number of ether oxygens (including phenoxy) is 1. The number of carbonyl (C=O) groups excluding carboxylic acids is 3. The molecule has 2 saturated heterocycles. The Hall–Kier alpha value is -2.97. The number of piperidine rings is 1. The van der Waals surface area contributed by atoms with Gasteiger partial charge in [0.05, 0.1) is 24.0 Å². The Morgan fingerprint density at radius 1 is 0.853 bits per heavy atom. The number of rotatable bonds is 5. The van der Waals surface area contributed by atoms with Gasteiger partial charge in [-0.15, -0.1) is 0 Å². The molecular formula is C25H37N5O4. The average Bonchev–Trinajstić information content (AvgIpc) is 3.39. The summed E-state index contributed by atoms with van der Waals surface area (Å²) >= 11 is 0. The lowest BCUT2D eigenvalue weighted by molar-refractivity contribution is 0.0600. The number of nitrogens with one attached hydrogen (secondary N) is 3. The maximum Gasteiger partial charge on any atom is 0.337 e. The molecule has 1 aromatic rings. The van der Waals surface area contributed by atoms with Crippen LogP contribution in [0, 0.1) is 0 Å². The Labute approximate surface area is 201 Å². The van der Waals surface area contributed by atoms with E-state index < -0.39 is 5.97 Å². The number of urea groups is 2. The summed E-state index contributed by atoms with van der Waals surface area (Å²) in [7, 11) is 1.35. The molecule has 4 amide bonds. The van der Waals surface area contributed by atoms with Gasteiger partial charge in [0.1, 0.15) is 0 Å². The Morgan fingerprint density at radius 2 is 1.50 bits per heavy atom. The minimum atomic E-state index is -0.429. The van der Waals surface area contributed by atoms with Gasteiger partial charge in [0, 0.05) is 38.3 Å². The van der Waals surface area contributed by atoms with E-state index in [9.17, 15) is 14.4 Å². The minimum absolute atomic E-state index is 0.0652. The summed E-state index contributed by atoms with van der Waals surface area (Å²) in [6.45, 7) is 2.99. The van der Waals surface area contributed by atoms with Gasteiger partial charge < -0.3 is 30.5 Å². The topological polar surface area (TPSA) is 103 Å². The van der Waals surface area contributed by atoms with Gasteiger partial charge in [-0.05, 0) is 56.7 Å². The molecule has 1 saturated carbocycles. The number of amides is 4. The number of carbonyl (C=O) groups is 3. The highest BCUT2D eigenvalue weighted by Crippen LogP contribution is 2.31. The summed E-state index contributed by atoms with van der Waals surface area (Å²) in [5.74, 6) is -0.429. The number of esters is 1. The van der Waals surface area contributed by atoms with Gasteiger partial charge in [0.2, 0.25) is 0 Å². The first-order valence-corrected chi connectivity index (χ1v) is 12.6.